The molecule has 0 aliphatic carbocycles. The molecule has 134 valence electrons. The highest BCUT2D eigenvalue weighted by Gasteiger charge is 2.25. The molecule has 0 unspecified atom stereocenters. The van der Waals surface area contributed by atoms with Crippen LogP contribution in [-0.2, 0) is 11.3 Å². The average Bonchev–Trinajstić information content (AvgIpc) is 3.16. The van der Waals surface area contributed by atoms with Gasteiger partial charge in [0.1, 0.15) is 0 Å². The number of rotatable bonds is 4. The summed E-state index contributed by atoms with van der Waals surface area (Å²) >= 11 is 1.72. The maximum absolute atomic E-state index is 11.6. The number of primary amides is 1. The minimum absolute atomic E-state index is 0.0374. The van der Waals surface area contributed by atoms with E-state index in [1.54, 1.807) is 11.3 Å². The Labute approximate surface area is 157 Å². The molecule has 1 aliphatic heterocycles. The summed E-state index contributed by atoms with van der Waals surface area (Å²) in [6.07, 6.45) is 1.92. The molecule has 1 saturated heterocycles. The van der Waals surface area contributed by atoms with E-state index >= 15 is 0 Å². The lowest BCUT2D eigenvalue weighted by molar-refractivity contribution is -0.123. The monoisotopic (exact) mass is 365 g/mol. The Morgan fingerprint density at radius 3 is 3.00 bits per heavy atom. The van der Waals surface area contributed by atoms with Crippen molar-refractivity contribution < 1.29 is 4.79 Å². The van der Waals surface area contributed by atoms with Crippen molar-refractivity contribution in [3.63, 3.8) is 0 Å². The molecular weight excluding hydrogens is 342 g/mol. The van der Waals surface area contributed by atoms with Crippen molar-refractivity contribution >= 4 is 28.1 Å². The summed E-state index contributed by atoms with van der Waals surface area (Å²) in [6.45, 7) is 4.65. The van der Waals surface area contributed by atoms with Gasteiger partial charge in [-0.3, -0.25) is 9.69 Å². The third-order valence-corrected chi connectivity index (χ3v) is 6.06. The first-order valence-electron chi connectivity index (χ1n) is 9.06. The van der Waals surface area contributed by atoms with Gasteiger partial charge in [0.15, 0.2) is 0 Å². The van der Waals surface area contributed by atoms with E-state index in [9.17, 15) is 4.79 Å². The van der Waals surface area contributed by atoms with Gasteiger partial charge in [-0.2, -0.15) is 0 Å². The molecule has 2 N–H and O–H groups in total. The number of nitrogens with two attached hydrogens (primary N) is 1. The van der Waals surface area contributed by atoms with Crippen LogP contribution in [-0.4, -0.2) is 28.9 Å². The molecule has 0 saturated carbocycles. The van der Waals surface area contributed by atoms with E-state index in [2.05, 4.69) is 53.6 Å². The molecule has 1 atom stereocenters. The Kier molecular flexibility index (Phi) is 4.74. The fraction of sp³-hybridized carbons (Fsp3) is 0.333. The van der Waals surface area contributed by atoms with Gasteiger partial charge in [0.2, 0.25) is 5.91 Å². The van der Waals surface area contributed by atoms with Crippen LogP contribution in [0.3, 0.4) is 0 Å². The van der Waals surface area contributed by atoms with Crippen LogP contribution in [0.5, 0.6) is 0 Å². The highest BCUT2D eigenvalue weighted by atomic mass is 32.1. The Balaban J connectivity index is 1.73. The van der Waals surface area contributed by atoms with Crippen LogP contribution in [0.2, 0.25) is 0 Å². The van der Waals surface area contributed by atoms with Crippen molar-refractivity contribution in [1.82, 2.24) is 9.88 Å². The van der Waals surface area contributed by atoms with Crippen molar-refractivity contribution in [2.45, 2.75) is 26.3 Å². The molecule has 2 aromatic heterocycles. The van der Waals surface area contributed by atoms with Crippen molar-refractivity contribution in [3.05, 3.63) is 52.9 Å². The number of para-hydroxylation sites is 1. The van der Waals surface area contributed by atoms with Crippen molar-refractivity contribution in [1.29, 1.82) is 0 Å². The van der Waals surface area contributed by atoms with Gasteiger partial charge in [-0.05, 0) is 54.9 Å². The van der Waals surface area contributed by atoms with E-state index < -0.39 is 0 Å². The molecule has 0 spiro atoms. The van der Waals surface area contributed by atoms with Crippen LogP contribution in [0, 0.1) is 12.8 Å². The van der Waals surface area contributed by atoms with Crippen LogP contribution in [0.4, 0.5) is 0 Å². The summed E-state index contributed by atoms with van der Waals surface area (Å²) in [4.78, 5) is 20.2. The van der Waals surface area contributed by atoms with Crippen LogP contribution < -0.4 is 5.73 Å². The maximum Gasteiger partial charge on any atom is 0.221 e. The first-order chi connectivity index (χ1) is 12.6. The van der Waals surface area contributed by atoms with Crippen LogP contribution >= 0.6 is 11.3 Å². The van der Waals surface area contributed by atoms with Gasteiger partial charge in [0.05, 0.1) is 22.0 Å². The SMILES string of the molecule is Cc1cccc2cc(CN3CCC[C@@H](C(N)=O)C3)c(-c3cccs3)nc12. The van der Waals surface area contributed by atoms with Gasteiger partial charge in [0, 0.05) is 18.5 Å². The van der Waals surface area contributed by atoms with Crippen LogP contribution in [0.25, 0.3) is 21.5 Å². The number of piperidine rings is 1. The van der Waals surface area contributed by atoms with Crippen molar-refractivity contribution in [3.8, 4) is 10.6 Å². The highest BCUT2D eigenvalue weighted by Crippen LogP contribution is 2.31. The summed E-state index contributed by atoms with van der Waals surface area (Å²) in [6, 6.07) is 12.8. The van der Waals surface area contributed by atoms with E-state index in [0.717, 1.165) is 43.7 Å². The normalized spacial score (nSPS) is 18.3. The third kappa shape index (κ3) is 3.37. The number of hydrogen-bond acceptors (Lipinski definition) is 4. The van der Waals surface area contributed by atoms with Crippen LogP contribution in [0.1, 0.15) is 24.0 Å². The van der Waals surface area contributed by atoms with Gasteiger partial charge in [-0.15, -0.1) is 11.3 Å². The van der Waals surface area contributed by atoms with Gasteiger partial charge in [-0.1, -0.05) is 24.3 Å². The molecule has 5 heteroatoms. The number of aryl methyl sites for hydroxylation is 1. The zero-order valence-corrected chi connectivity index (χ0v) is 15.8. The molecule has 0 radical (unpaired) electrons. The molecule has 0 bridgehead atoms. The molecule has 1 fully saturated rings. The summed E-state index contributed by atoms with van der Waals surface area (Å²) < 4.78 is 0. The maximum atomic E-state index is 11.6. The van der Waals surface area contributed by atoms with E-state index in [-0.39, 0.29) is 11.8 Å². The zero-order valence-electron chi connectivity index (χ0n) is 14.9. The second kappa shape index (κ2) is 7.17. The van der Waals surface area contributed by atoms with Crippen molar-refractivity contribution in [2.75, 3.05) is 13.1 Å². The van der Waals surface area contributed by atoms with E-state index in [1.807, 2.05) is 0 Å². The smallest absolute Gasteiger partial charge is 0.221 e. The zero-order chi connectivity index (χ0) is 18.1. The molecule has 3 heterocycles. The number of hydrogen-bond donors (Lipinski definition) is 1. The minimum Gasteiger partial charge on any atom is -0.369 e. The predicted octanol–water partition coefficient (Wildman–Crippen LogP) is 3.97. The van der Waals surface area contributed by atoms with Gasteiger partial charge in [-0.25, -0.2) is 4.98 Å². The standard InChI is InChI=1S/C21H23N3OS/c1-14-5-2-6-15-11-17(13-24-9-3-7-16(12-24)21(22)25)20(23-19(14)15)18-8-4-10-26-18/h2,4-6,8,10-11,16H,3,7,9,12-13H2,1H3,(H2,22,25)/t16-/m1/s1. The molecule has 1 aromatic carbocycles. The largest absolute Gasteiger partial charge is 0.369 e. The molecule has 4 rings (SSSR count). The number of carbonyl (C=O) groups is 1. The van der Waals surface area contributed by atoms with Crippen molar-refractivity contribution in [2.24, 2.45) is 11.7 Å². The topological polar surface area (TPSA) is 59.2 Å². The van der Waals surface area contributed by atoms with Gasteiger partial charge in [0.25, 0.3) is 0 Å². The second-order valence-electron chi connectivity index (χ2n) is 7.10. The first-order valence-corrected chi connectivity index (χ1v) is 9.94. The summed E-state index contributed by atoms with van der Waals surface area (Å²) in [5.74, 6) is -0.218. The quantitative estimate of drug-likeness (QED) is 0.761. The molecule has 1 amide bonds. The summed E-state index contributed by atoms with van der Waals surface area (Å²) in [5, 5.41) is 3.26. The fourth-order valence-corrected chi connectivity index (χ4v) is 4.56. The van der Waals surface area contributed by atoms with Crippen LogP contribution in [0.15, 0.2) is 41.8 Å². The van der Waals surface area contributed by atoms with Gasteiger partial charge < -0.3 is 5.73 Å². The lowest BCUT2D eigenvalue weighted by Gasteiger charge is -2.31. The molecular formula is C21H23N3OS. The second-order valence-corrected chi connectivity index (χ2v) is 8.04. The molecule has 3 aromatic rings. The molecule has 1 aliphatic rings. The minimum atomic E-state index is -0.180. The molecule has 4 nitrogen and oxygen atoms in total. The van der Waals surface area contributed by atoms with Gasteiger partial charge >= 0.3 is 0 Å². The van der Waals surface area contributed by atoms with E-state index in [4.69, 9.17) is 10.7 Å². The first kappa shape index (κ1) is 17.2. The fourth-order valence-electron chi connectivity index (χ4n) is 3.81. The summed E-state index contributed by atoms with van der Waals surface area (Å²) in [5.41, 5.74) is 10.1. The number of nitrogens with zero attached hydrogens (tertiary/aromatic N) is 2. The number of likely N-dealkylation sites (tertiary alicyclic amines) is 1. The Morgan fingerprint density at radius 2 is 2.23 bits per heavy atom. The highest BCUT2D eigenvalue weighted by molar-refractivity contribution is 7.13. The number of pyridine rings is 1. The van der Waals surface area contributed by atoms with E-state index in [1.165, 1.54) is 21.4 Å². The average molecular weight is 366 g/mol. The predicted molar refractivity (Wildman–Crippen MR) is 107 cm³/mol. The molecule has 26 heavy (non-hydrogen) atoms. The lowest BCUT2D eigenvalue weighted by atomic mass is 9.96. The van der Waals surface area contributed by atoms with E-state index in [0.29, 0.717) is 0 Å². The number of amides is 1. The number of carbonyl (C=O) groups excluding carboxylic acids is 1. The Hall–Kier alpha value is -2.24. The third-order valence-electron chi connectivity index (χ3n) is 5.18. The number of benzene rings is 1. The summed E-state index contributed by atoms with van der Waals surface area (Å²) in [7, 11) is 0. The number of fused-ring (bicyclic) bond motifs is 1. The number of thiophene rings is 1. The Morgan fingerprint density at radius 1 is 1.35 bits per heavy atom. The number of aromatic nitrogens is 1. The lowest BCUT2D eigenvalue weighted by Crippen LogP contribution is -2.40. The Bertz CT molecular complexity index is 936.